The number of piperazine rings is 1. The van der Waals surface area contributed by atoms with Crippen molar-refractivity contribution in [3.8, 4) is 0 Å². The highest BCUT2D eigenvalue weighted by atomic mass is 19.4. The highest BCUT2D eigenvalue weighted by molar-refractivity contribution is 6.39. The monoisotopic (exact) mass is 479 g/mol. The molecule has 2 amide bonds. The molecule has 1 aromatic carbocycles. The lowest BCUT2D eigenvalue weighted by Gasteiger charge is -2.48. The van der Waals surface area contributed by atoms with Gasteiger partial charge in [0.15, 0.2) is 0 Å². The first kappa shape index (κ1) is 23.9. The number of anilines is 2. The Morgan fingerprint density at radius 2 is 1.82 bits per heavy atom. The van der Waals surface area contributed by atoms with Gasteiger partial charge in [-0.05, 0) is 56.0 Å². The fraction of sp³-hybridized carbons (Fsp3) is 0.435. The van der Waals surface area contributed by atoms with Crippen LogP contribution in [0.2, 0.25) is 0 Å². The van der Waals surface area contributed by atoms with Gasteiger partial charge in [0.05, 0.1) is 17.9 Å². The van der Waals surface area contributed by atoms with Gasteiger partial charge in [-0.3, -0.25) is 14.5 Å². The van der Waals surface area contributed by atoms with Crippen LogP contribution in [0.4, 0.5) is 29.1 Å². The van der Waals surface area contributed by atoms with Gasteiger partial charge in [-0.1, -0.05) is 12.1 Å². The summed E-state index contributed by atoms with van der Waals surface area (Å²) < 4.78 is 55.1. The van der Waals surface area contributed by atoms with E-state index in [0.717, 1.165) is 0 Å². The minimum Gasteiger partial charge on any atom is -0.383 e. The first-order valence-electron chi connectivity index (χ1n) is 10.9. The summed E-state index contributed by atoms with van der Waals surface area (Å²) in [5, 5.41) is 2.48. The summed E-state index contributed by atoms with van der Waals surface area (Å²) in [4.78, 5) is 32.5. The molecule has 2 atom stereocenters. The van der Waals surface area contributed by atoms with Gasteiger partial charge in [0.2, 0.25) is 0 Å². The van der Waals surface area contributed by atoms with Crippen molar-refractivity contribution in [2.75, 3.05) is 24.1 Å². The molecular weight excluding hydrogens is 454 g/mol. The van der Waals surface area contributed by atoms with Crippen LogP contribution in [0.3, 0.4) is 0 Å². The first-order chi connectivity index (χ1) is 15.9. The van der Waals surface area contributed by atoms with Crippen molar-refractivity contribution in [2.24, 2.45) is 0 Å². The van der Waals surface area contributed by atoms with E-state index in [2.05, 4.69) is 10.3 Å². The molecule has 1 aromatic heterocycles. The third kappa shape index (κ3) is 4.31. The van der Waals surface area contributed by atoms with Gasteiger partial charge >= 0.3 is 18.0 Å². The number of nitrogens with one attached hydrogen (secondary N) is 1. The molecule has 4 rings (SSSR count). The lowest BCUT2D eigenvalue weighted by Crippen LogP contribution is -2.63. The van der Waals surface area contributed by atoms with Crippen molar-refractivity contribution < 1.29 is 27.2 Å². The molecule has 2 fully saturated rings. The molecule has 2 aliphatic rings. The Balaban J connectivity index is 1.62. The molecule has 1 saturated heterocycles. The minimum atomic E-state index is -4.42. The predicted octanol–water partition coefficient (Wildman–Crippen LogP) is 3.42. The normalized spacial score (nSPS) is 22.4. The molecule has 34 heavy (non-hydrogen) atoms. The molecule has 1 aliphatic carbocycles. The maximum Gasteiger partial charge on any atom is 0.406 e. The Morgan fingerprint density at radius 1 is 1.18 bits per heavy atom. The van der Waals surface area contributed by atoms with E-state index in [1.165, 1.54) is 40.3 Å². The number of rotatable bonds is 3. The standard InChI is InChI=1S/C23H25F4N5O2/c1-13-9-17(10-29-19(13)28)30-20(33)21(34)31-11-14(2)32(22(7-8-22)23(25,26)27)12-18(31)15-3-5-16(24)6-4-15/h3-6,9-10,14,18H,7-8,11-12H2,1-2H3,(H2,28,29)(H,30,33)/t14-,18-/m1/s1. The van der Waals surface area contributed by atoms with E-state index in [9.17, 15) is 27.2 Å². The number of nitrogens with zero attached hydrogens (tertiary/aromatic N) is 3. The van der Waals surface area contributed by atoms with Crippen LogP contribution >= 0.6 is 0 Å². The molecule has 2 heterocycles. The average molecular weight is 479 g/mol. The van der Waals surface area contributed by atoms with Crippen molar-refractivity contribution >= 4 is 23.3 Å². The molecule has 1 aliphatic heterocycles. The molecule has 0 unspecified atom stereocenters. The number of carbonyl (C=O) groups is 2. The van der Waals surface area contributed by atoms with Crippen molar-refractivity contribution in [2.45, 2.75) is 50.5 Å². The highest BCUT2D eigenvalue weighted by Crippen LogP contribution is 2.55. The van der Waals surface area contributed by atoms with Crippen LogP contribution in [0.25, 0.3) is 0 Å². The summed E-state index contributed by atoms with van der Waals surface area (Å²) >= 11 is 0. The summed E-state index contributed by atoms with van der Waals surface area (Å²) in [6.07, 6.45) is -3.15. The summed E-state index contributed by atoms with van der Waals surface area (Å²) in [6, 6.07) is 5.27. The zero-order valence-corrected chi connectivity index (χ0v) is 18.7. The number of nitrogen functional groups attached to an aromatic ring is 1. The quantitative estimate of drug-likeness (QED) is 0.520. The van der Waals surface area contributed by atoms with Gasteiger partial charge in [0, 0.05) is 19.1 Å². The van der Waals surface area contributed by atoms with Crippen LogP contribution in [0.1, 0.15) is 36.9 Å². The number of alkyl halides is 3. The molecule has 2 aromatic rings. The minimum absolute atomic E-state index is 0.0189. The van der Waals surface area contributed by atoms with E-state index in [-0.39, 0.29) is 37.4 Å². The van der Waals surface area contributed by atoms with Crippen molar-refractivity contribution in [3.05, 3.63) is 53.5 Å². The molecule has 0 bridgehead atoms. The number of amides is 2. The number of benzene rings is 1. The Labute approximate surface area is 193 Å². The Morgan fingerprint density at radius 3 is 2.38 bits per heavy atom. The second-order valence-electron chi connectivity index (χ2n) is 8.94. The van der Waals surface area contributed by atoms with E-state index in [4.69, 9.17) is 5.73 Å². The van der Waals surface area contributed by atoms with Gasteiger partial charge in [0.1, 0.15) is 17.2 Å². The number of hydrogen-bond acceptors (Lipinski definition) is 5. The van der Waals surface area contributed by atoms with Crippen LogP contribution in [0.15, 0.2) is 36.5 Å². The number of hydrogen-bond donors (Lipinski definition) is 2. The molecule has 0 radical (unpaired) electrons. The van der Waals surface area contributed by atoms with Gasteiger partial charge in [-0.2, -0.15) is 13.2 Å². The first-order valence-corrected chi connectivity index (χ1v) is 10.9. The SMILES string of the molecule is Cc1cc(NC(=O)C(=O)N2C[C@@H](C)N(C3(C(F)(F)F)CC3)C[C@@H]2c2ccc(F)cc2)cnc1N. The van der Waals surface area contributed by atoms with E-state index < -0.39 is 41.4 Å². The third-order valence-electron chi connectivity index (χ3n) is 6.63. The van der Waals surface area contributed by atoms with Crippen LogP contribution < -0.4 is 11.1 Å². The van der Waals surface area contributed by atoms with E-state index in [1.54, 1.807) is 19.9 Å². The number of nitrogens with two attached hydrogens (primary N) is 1. The lowest BCUT2D eigenvalue weighted by atomic mass is 9.96. The van der Waals surface area contributed by atoms with E-state index in [1.807, 2.05) is 0 Å². The van der Waals surface area contributed by atoms with Crippen LogP contribution in [-0.4, -0.2) is 57.4 Å². The Hall–Kier alpha value is -3.21. The smallest absolute Gasteiger partial charge is 0.383 e. The van der Waals surface area contributed by atoms with Crippen molar-refractivity contribution in [3.63, 3.8) is 0 Å². The molecule has 7 nitrogen and oxygen atoms in total. The zero-order chi connectivity index (χ0) is 24.8. The maximum atomic E-state index is 13.9. The highest BCUT2D eigenvalue weighted by Gasteiger charge is 2.68. The number of carbonyl (C=O) groups excluding carboxylic acids is 2. The van der Waals surface area contributed by atoms with Gasteiger partial charge in [-0.15, -0.1) is 0 Å². The predicted molar refractivity (Wildman–Crippen MR) is 117 cm³/mol. The third-order valence-corrected chi connectivity index (χ3v) is 6.63. The Kier molecular flexibility index (Phi) is 6.01. The Bertz CT molecular complexity index is 1100. The fourth-order valence-corrected chi connectivity index (χ4v) is 4.59. The van der Waals surface area contributed by atoms with Gasteiger partial charge in [0.25, 0.3) is 0 Å². The number of halogens is 4. The summed E-state index contributed by atoms with van der Waals surface area (Å²) in [7, 11) is 0. The lowest BCUT2D eigenvalue weighted by molar-refractivity contribution is -0.210. The van der Waals surface area contributed by atoms with Crippen molar-refractivity contribution in [1.29, 1.82) is 0 Å². The summed E-state index contributed by atoms with van der Waals surface area (Å²) in [5.74, 6) is -2.08. The average Bonchev–Trinajstić information content (AvgIpc) is 3.58. The second-order valence-corrected chi connectivity index (χ2v) is 8.94. The van der Waals surface area contributed by atoms with Crippen molar-refractivity contribution in [1.82, 2.24) is 14.8 Å². The van der Waals surface area contributed by atoms with Crippen LogP contribution in [0.5, 0.6) is 0 Å². The second kappa shape index (κ2) is 8.53. The van der Waals surface area contributed by atoms with Gasteiger partial charge in [-0.25, -0.2) is 9.37 Å². The molecule has 3 N–H and O–H groups in total. The van der Waals surface area contributed by atoms with E-state index >= 15 is 0 Å². The molecule has 0 spiro atoms. The topological polar surface area (TPSA) is 91.6 Å². The number of aromatic nitrogens is 1. The molecule has 182 valence electrons. The molecular formula is C23H25F4N5O2. The van der Waals surface area contributed by atoms with Crippen LogP contribution in [-0.2, 0) is 9.59 Å². The molecule has 1 saturated carbocycles. The summed E-state index contributed by atoms with van der Waals surface area (Å²) in [6.45, 7) is 3.08. The summed E-state index contributed by atoms with van der Waals surface area (Å²) in [5.41, 5.74) is 5.07. The zero-order valence-electron chi connectivity index (χ0n) is 18.7. The fourth-order valence-electron chi connectivity index (χ4n) is 4.59. The van der Waals surface area contributed by atoms with E-state index in [0.29, 0.717) is 11.1 Å². The van der Waals surface area contributed by atoms with Crippen LogP contribution in [0, 0.1) is 12.7 Å². The largest absolute Gasteiger partial charge is 0.406 e. The molecule has 11 heteroatoms. The van der Waals surface area contributed by atoms with Gasteiger partial charge < -0.3 is 16.0 Å². The number of aryl methyl sites for hydroxylation is 1. The number of pyridine rings is 1. The maximum absolute atomic E-state index is 13.9.